The van der Waals surface area contributed by atoms with Crippen LogP contribution in [-0.2, 0) is 4.84 Å². The summed E-state index contributed by atoms with van der Waals surface area (Å²) in [4.78, 5) is 19.4. The molecule has 24 heavy (non-hydrogen) atoms. The van der Waals surface area contributed by atoms with Gasteiger partial charge in [-0.2, -0.15) is 0 Å². The molecule has 1 atom stereocenters. The first-order valence-corrected chi connectivity index (χ1v) is 7.98. The van der Waals surface area contributed by atoms with Gasteiger partial charge in [-0.05, 0) is 23.3 Å². The highest BCUT2D eigenvalue weighted by atomic mass is 16.6. The van der Waals surface area contributed by atoms with Gasteiger partial charge >= 0.3 is 0 Å². The van der Waals surface area contributed by atoms with Gasteiger partial charge in [0.05, 0.1) is 18.3 Å². The molecule has 0 bridgehead atoms. The Bertz CT molecular complexity index is 726. The van der Waals surface area contributed by atoms with Gasteiger partial charge in [0, 0.05) is 18.5 Å². The number of benzene rings is 2. The van der Waals surface area contributed by atoms with E-state index in [4.69, 9.17) is 10.6 Å². The molecule has 124 valence electrons. The molecule has 1 aliphatic heterocycles. The number of amides is 1. The summed E-state index contributed by atoms with van der Waals surface area (Å²) in [5.41, 5.74) is 9.54. The van der Waals surface area contributed by atoms with Crippen LogP contribution >= 0.6 is 0 Å². The van der Waals surface area contributed by atoms with Gasteiger partial charge in [-0.25, -0.2) is 0 Å². The quantitative estimate of drug-likeness (QED) is 0.879. The van der Waals surface area contributed by atoms with Crippen molar-refractivity contribution in [2.75, 3.05) is 20.2 Å². The van der Waals surface area contributed by atoms with E-state index >= 15 is 0 Å². The number of nitrogens with zero attached hydrogens (tertiary/aromatic N) is 2. The van der Waals surface area contributed by atoms with Gasteiger partial charge < -0.3 is 15.5 Å². The maximum atomic E-state index is 12.8. The van der Waals surface area contributed by atoms with E-state index in [9.17, 15) is 4.79 Å². The molecule has 0 aliphatic carbocycles. The average Bonchev–Trinajstić information content (AvgIpc) is 3.05. The SMILES string of the molecule is CON=C1C[C@@H](CN)N(C(=O)c2ccc(-c3ccccc3)cc2)C1. The summed E-state index contributed by atoms with van der Waals surface area (Å²) in [7, 11) is 1.51. The molecule has 1 fully saturated rings. The molecule has 1 amide bonds. The van der Waals surface area contributed by atoms with E-state index in [-0.39, 0.29) is 11.9 Å². The minimum Gasteiger partial charge on any atom is -0.399 e. The molecule has 0 radical (unpaired) electrons. The second-order valence-corrected chi connectivity index (χ2v) is 5.81. The van der Waals surface area contributed by atoms with Gasteiger partial charge in [0.15, 0.2) is 0 Å². The smallest absolute Gasteiger partial charge is 0.254 e. The Morgan fingerprint density at radius 2 is 1.83 bits per heavy atom. The summed E-state index contributed by atoms with van der Waals surface area (Å²) < 4.78 is 0. The number of carbonyl (C=O) groups excluding carboxylic acids is 1. The number of hydrogen-bond donors (Lipinski definition) is 1. The fourth-order valence-corrected chi connectivity index (χ4v) is 3.02. The lowest BCUT2D eigenvalue weighted by atomic mass is 10.0. The molecule has 1 saturated heterocycles. The summed E-state index contributed by atoms with van der Waals surface area (Å²) in [6.07, 6.45) is 0.665. The normalized spacial score (nSPS) is 18.8. The van der Waals surface area contributed by atoms with Gasteiger partial charge in [0.2, 0.25) is 0 Å². The van der Waals surface area contributed by atoms with Gasteiger partial charge in [0.1, 0.15) is 7.11 Å². The van der Waals surface area contributed by atoms with Crippen LogP contribution in [0.2, 0.25) is 0 Å². The highest BCUT2D eigenvalue weighted by Gasteiger charge is 2.32. The second-order valence-electron chi connectivity index (χ2n) is 5.81. The Kier molecular flexibility index (Phi) is 4.91. The van der Waals surface area contributed by atoms with E-state index in [0.717, 1.165) is 16.8 Å². The fourth-order valence-electron chi connectivity index (χ4n) is 3.02. The average molecular weight is 323 g/mol. The summed E-state index contributed by atoms with van der Waals surface area (Å²) in [6, 6.07) is 17.7. The lowest BCUT2D eigenvalue weighted by Crippen LogP contribution is -2.40. The fraction of sp³-hybridized carbons (Fsp3) is 0.263. The molecule has 0 aromatic heterocycles. The molecule has 2 N–H and O–H groups in total. The molecule has 0 saturated carbocycles. The first-order chi connectivity index (χ1) is 11.7. The van der Waals surface area contributed by atoms with Crippen molar-refractivity contribution in [3.63, 3.8) is 0 Å². The van der Waals surface area contributed by atoms with E-state index in [1.807, 2.05) is 42.5 Å². The second kappa shape index (κ2) is 7.27. The lowest BCUT2D eigenvalue weighted by molar-refractivity contribution is 0.0745. The first-order valence-electron chi connectivity index (χ1n) is 7.98. The summed E-state index contributed by atoms with van der Waals surface area (Å²) >= 11 is 0. The van der Waals surface area contributed by atoms with Crippen molar-refractivity contribution in [1.29, 1.82) is 0 Å². The molecule has 2 aromatic carbocycles. The summed E-state index contributed by atoms with van der Waals surface area (Å²) in [6.45, 7) is 0.881. The minimum absolute atomic E-state index is 0.0219. The van der Waals surface area contributed by atoms with E-state index in [1.165, 1.54) is 7.11 Å². The van der Waals surface area contributed by atoms with Crippen LogP contribution in [0.5, 0.6) is 0 Å². The van der Waals surface area contributed by atoms with Crippen LogP contribution in [0, 0.1) is 0 Å². The van der Waals surface area contributed by atoms with E-state index in [1.54, 1.807) is 4.90 Å². The molecule has 5 heteroatoms. The number of likely N-dealkylation sites (tertiary alicyclic amines) is 1. The number of oxime groups is 1. The van der Waals surface area contributed by atoms with Crippen LogP contribution in [0.1, 0.15) is 16.8 Å². The zero-order valence-corrected chi connectivity index (χ0v) is 13.7. The molecule has 2 aromatic rings. The molecule has 3 rings (SSSR count). The maximum Gasteiger partial charge on any atom is 0.254 e. The Hall–Kier alpha value is -2.66. The summed E-state index contributed by atoms with van der Waals surface area (Å²) in [5.74, 6) is -0.0219. The first kappa shape index (κ1) is 16.2. The van der Waals surface area contributed by atoms with E-state index in [2.05, 4.69) is 17.3 Å². The number of rotatable bonds is 4. The van der Waals surface area contributed by atoms with Crippen LogP contribution in [0.15, 0.2) is 59.8 Å². The third-order valence-electron chi connectivity index (χ3n) is 4.26. The van der Waals surface area contributed by atoms with Crippen molar-refractivity contribution in [1.82, 2.24) is 4.90 Å². The Morgan fingerprint density at radius 3 is 2.46 bits per heavy atom. The molecule has 1 heterocycles. The molecule has 0 unspecified atom stereocenters. The highest BCUT2D eigenvalue weighted by Crippen LogP contribution is 2.22. The van der Waals surface area contributed by atoms with Crippen molar-refractivity contribution in [3.8, 4) is 11.1 Å². The van der Waals surface area contributed by atoms with Crippen molar-refractivity contribution in [2.45, 2.75) is 12.5 Å². The van der Waals surface area contributed by atoms with Crippen molar-refractivity contribution < 1.29 is 9.63 Å². The lowest BCUT2D eigenvalue weighted by Gasteiger charge is -2.22. The predicted octanol–water partition coefficient (Wildman–Crippen LogP) is 2.53. The zero-order chi connectivity index (χ0) is 16.9. The molecule has 0 spiro atoms. The highest BCUT2D eigenvalue weighted by molar-refractivity contribution is 6.00. The number of nitrogens with two attached hydrogens (primary N) is 1. The van der Waals surface area contributed by atoms with Crippen molar-refractivity contribution in [3.05, 3.63) is 60.2 Å². The number of carbonyl (C=O) groups is 1. The van der Waals surface area contributed by atoms with E-state index in [0.29, 0.717) is 25.1 Å². The minimum atomic E-state index is -0.0276. The molecule has 5 nitrogen and oxygen atoms in total. The molecular formula is C19H21N3O2. The topological polar surface area (TPSA) is 67.9 Å². The monoisotopic (exact) mass is 323 g/mol. The Labute approximate surface area is 141 Å². The van der Waals surface area contributed by atoms with Crippen molar-refractivity contribution in [2.24, 2.45) is 10.9 Å². The van der Waals surface area contributed by atoms with Gasteiger partial charge in [-0.3, -0.25) is 4.79 Å². The van der Waals surface area contributed by atoms with Gasteiger partial charge in [-0.1, -0.05) is 47.6 Å². The number of hydrogen-bond acceptors (Lipinski definition) is 4. The zero-order valence-electron chi connectivity index (χ0n) is 13.7. The third-order valence-corrected chi connectivity index (χ3v) is 4.26. The van der Waals surface area contributed by atoms with Crippen molar-refractivity contribution >= 4 is 11.6 Å². The van der Waals surface area contributed by atoms with E-state index < -0.39 is 0 Å². The predicted molar refractivity (Wildman–Crippen MR) is 94.8 cm³/mol. The van der Waals surface area contributed by atoms with Crippen LogP contribution in [-0.4, -0.2) is 42.8 Å². The van der Waals surface area contributed by atoms with Gasteiger partial charge in [0.25, 0.3) is 5.91 Å². The third kappa shape index (κ3) is 3.31. The van der Waals surface area contributed by atoms with Crippen LogP contribution in [0.4, 0.5) is 0 Å². The standard InChI is InChI=1S/C19H21N3O2/c1-24-21-17-11-18(12-20)22(13-17)19(23)16-9-7-15(8-10-16)14-5-3-2-4-6-14/h2-10,18H,11-13,20H2,1H3/t18-/m0/s1. The largest absolute Gasteiger partial charge is 0.399 e. The van der Waals surface area contributed by atoms with Crippen LogP contribution < -0.4 is 5.73 Å². The molecule has 1 aliphatic rings. The molecular weight excluding hydrogens is 302 g/mol. The van der Waals surface area contributed by atoms with Crippen LogP contribution in [0.3, 0.4) is 0 Å². The van der Waals surface area contributed by atoms with Crippen LogP contribution in [0.25, 0.3) is 11.1 Å². The summed E-state index contributed by atoms with van der Waals surface area (Å²) in [5, 5.41) is 3.97. The van der Waals surface area contributed by atoms with Gasteiger partial charge in [-0.15, -0.1) is 0 Å². The maximum absolute atomic E-state index is 12.8. The Morgan fingerprint density at radius 1 is 1.17 bits per heavy atom. The Balaban J connectivity index is 1.79.